The van der Waals surface area contributed by atoms with E-state index in [9.17, 15) is 4.79 Å². The summed E-state index contributed by atoms with van der Waals surface area (Å²) in [5.74, 6) is 1.91. The van der Waals surface area contributed by atoms with E-state index < -0.39 is 0 Å². The number of amides is 1. The fourth-order valence-corrected chi connectivity index (χ4v) is 5.54. The molecule has 0 radical (unpaired) electrons. The molecule has 2 aromatic rings. The Balaban J connectivity index is 1.15. The molecule has 1 aromatic heterocycles. The Kier molecular flexibility index (Phi) is 5.11. The van der Waals surface area contributed by atoms with Crippen LogP contribution in [0.15, 0.2) is 41.4 Å². The summed E-state index contributed by atoms with van der Waals surface area (Å²) in [7, 11) is 0. The molecule has 4 aliphatic rings. The van der Waals surface area contributed by atoms with E-state index in [1.54, 1.807) is 16.7 Å². The lowest BCUT2D eigenvalue weighted by Gasteiger charge is -2.46. The quantitative estimate of drug-likeness (QED) is 0.687. The van der Waals surface area contributed by atoms with E-state index in [-0.39, 0.29) is 5.92 Å². The third kappa shape index (κ3) is 4.10. The van der Waals surface area contributed by atoms with Gasteiger partial charge in [-0.3, -0.25) is 4.79 Å². The van der Waals surface area contributed by atoms with Gasteiger partial charge >= 0.3 is 0 Å². The predicted octanol–water partition coefficient (Wildman–Crippen LogP) is 1.14. The lowest BCUT2D eigenvalue weighted by Crippen LogP contribution is -3.20. The Labute approximate surface area is 170 Å². The summed E-state index contributed by atoms with van der Waals surface area (Å²) in [6, 6.07) is 11.4. The number of piperidine rings is 3. The second-order valence-electron chi connectivity index (χ2n) is 8.52. The van der Waals surface area contributed by atoms with Crippen LogP contribution in [0.4, 0.5) is 0 Å². The number of hydrogen-bond acceptors (Lipinski definition) is 4. The number of nitrogens with one attached hydrogen (secondary N) is 2. The van der Waals surface area contributed by atoms with Gasteiger partial charge in [0.2, 0.25) is 5.91 Å². The van der Waals surface area contributed by atoms with Crippen LogP contribution >= 0.6 is 11.8 Å². The molecule has 1 aliphatic carbocycles. The molecule has 4 fully saturated rings. The minimum atomic E-state index is 0.217. The molecule has 3 saturated heterocycles. The van der Waals surface area contributed by atoms with Crippen molar-refractivity contribution in [3.63, 3.8) is 0 Å². The van der Waals surface area contributed by atoms with Gasteiger partial charge in [0.15, 0.2) is 0 Å². The van der Waals surface area contributed by atoms with Crippen molar-refractivity contribution in [3.8, 4) is 0 Å². The lowest BCUT2D eigenvalue weighted by atomic mass is 9.75. The molecule has 2 N–H and O–H groups in total. The minimum absolute atomic E-state index is 0.217. The highest BCUT2D eigenvalue weighted by molar-refractivity contribution is 7.98. The standard InChI is InChI=1S/C21H27N5OS/c27-21(22-16-6-7-16)20-13-25-9-8-15(20)10-18(25)12-26-11-17(23-24-26)14-28-19-4-2-1-3-5-19/h1-5,11,15-16,18,20H,6-10,12-14H2,(H,22,27)/p+1/t15-,18-,20+/m1/s1. The normalized spacial score (nSPS) is 29.0. The van der Waals surface area contributed by atoms with E-state index in [0.29, 0.717) is 23.9 Å². The van der Waals surface area contributed by atoms with Crippen LogP contribution in [-0.4, -0.2) is 46.1 Å². The van der Waals surface area contributed by atoms with Crippen LogP contribution in [0.25, 0.3) is 0 Å². The number of carbonyl (C=O) groups excluding carboxylic acids is 1. The number of fused-ring (bicyclic) bond motifs is 3. The number of aromatic nitrogens is 3. The van der Waals surface area contributed by atoms with E-state index in [0.717, 1.165) is 31.0 Å². The zero-order chi connectivity index (χ0) is 18.9. The summed E-state index contributed by atoms with van der Waals surface area (Å²) in [6.45, 7) is 3.08. The molecule has 2 bridgehead atoms. The van der Waals surface area contributed by atoms with Crippen LogP contribution in [0.3, 0.4) is 0 Å². The van der Waals surface area contributed by atoms with Crippen molar-refractivity contribution in [2.45, 2.75) is 55.0 Å². The Morgan fingerprint density at radius 3 is 2.86 bits per heavy atom. The summed E-state index contributed by atoms with van der Waals surface area (Å²) in [4.78, 5) is 15.4. The van der Waals surface area contributed by atoms with Gasteiger partial charge in [0.1, 0.15) is 6.04 Å². The first kappa shape index (κ1) is 18.2. The van der Waals surface area contributed by atoms with Crippen LogP contribution in [0.2, 0.25) is 0 Å². The Morgan fingerprint density at radius 1 is 1.25 bits per heavy atom. The minimum Gasteiger partial charge on any atom is -0.353 e. The molecule has 28 heavy (non-hydrogen) atoms. The molecule has 6 rings (SSSR count). The molecule has 0 spiro atoms. The average molecular weight is 399 g/mol. The largest absolute Gasteiger partial charge is 0.353 e. The van der Waals surface area contributed by atoms with Gasteiger partial charge in [0, 0.05) is 35.7 Å². The summed E-state index contributed by atoms with van der Waals surface area (Å²) in [5.41, 5.74) is 1.03. The maximum absolute atomic E-state index is 12.5. The van der Waals surface area contributed by atoms with Crippen LogP contribution in [0.5, 0.6) is 0 Å². The zero-order valence-corrected chi connectivity index (χ0v) is 16.9. The third-order valence-corrected chi connectivity index (χ3v) is 7.48. The summed E-state index contributed by atoms with van der Waals surface area (Å²) in [5, 5.41) is 12.0. The summed E-state index contributed by atoms with van der Waals surface area (Å²) in [6.07, 6.45) is 6.74. The van der Waals surface area contributed by atoms with Crippen LogP contribution in [0.1, 0.15) is 31.4 Å². The molecule has 3 aliphatic heterocycles. The van der Waals surface area contributed by atoms with E-state index >= 15 is 0 Å². The Bertz CT molecular complexity index is 821. The van der Waals surface area contributed by atoms with Crippen molar-refractivity contribution in [2.24, 2.45) is 11.8 Å². The van der Waals surface area contributed by atoms with Gasteiger partial charge in [-0.25, -0.2) is 4.68 Å². The lowest BCUT2D eigenvalue weighted by molar-refractivity contribution is -0.945. The van der Waals surface area contributed by atoms with Crippen molar-refractivity contribution in [1.29, 1.82) is 0 Å². The molecule has 6 nitrogen and oxygen atoms in total. The highest BCUT2D eigenvalue weighted by Gasteiger charge is 2.47. The van der Waals surface area contributed by atoms with Crippen molar-refractivity contribution < 1.29 is 9.69 Å². The molecule has 4 heterocycles. The monoisotopic (exact) mass is 398 g/mol. The molecule has 1 aromatic carbocycles. The van der Waals surface area contributed by atoms with Crippen molar-refractivity contribution in [1.82, 2.24) is 20.3 Å². The Hall–Kier alpha value is -1.86. The van der Waals surface area contributed by atoms with Gasteiger partial charge in [-0.2, -0.15) is 0 Å². The number of benzene rings is 1. The van der Waals surface area contributed by atoms with Gasteiger partial charge < -0.3 is 10.2 Å². The van der Waals surface area contributed by atoms with E-state index in [2.05, 4.69) is 46.1 Å². The zero-order valence-electron chi connectivity index (χ0n) is 16.1. The summed E-state index contributed by atoms with van der Waals surface area (Å²) < 4.78 is 2.01. The van der Waals surface area contributed by atoms with Crippen molar-refractivity contribution in [2.75, 3.05) is 13.1 Å². The smallest absolute Gasteiger partial charge is 0.229 e. The van der Waals surface area contributed by atoms with E-state index in [4.69, 9.17) is 0 Å². The second kappa shape index (κ2) is 7.87. The van der Waals surface area contributed by atoms with Crippen molar-refractivity contribution in [3.05, 3.63) is 42.2 Å². The molecule has 4 atom stereocenters. The number of nitrogens with zero attached hydrogens (tertiary/aromatic N) is 3. The SMILES string of the molecule is O=C(NC1CC1)[C@H]1C[NH+]2CC[C@@H]1C[C@@H]2Cn1cc(CSc2ccccc2)nn1. The van der Waals surface area contributed by atoms with Crippen molar-refractivity contribution >= 4 is 17.7 Å². The van der Waals surface area contributed by atoms with Crippen LogP contribution in [-0.2, 0) is 17.1 Å². The summed E-state index contributed by atoms with van der Waals surface area (Å²) >= 11 is 1.79. The maximum atomic E-state index is 12.5. The average Bonchev–Trinajstić information content (AvgIpc) is 3.44. The van der Waals surface area contributed by atoms with Gasteiger partial charge in [0.25, 0.3) is 0 Å². The molecule has 1 amide bonds. The fourth-order valence-electron chi connectivity index (χ4n) is 4.75. The molecule has 148 valence electrons. The highest BCUT2D eigenvalue weighted by Crippen LogP contribution is 2.29. The van der Waals surface area contributed by atoms with Crippen LogP contribution in [0, 0.1) is 11.8 Å². The first-order valence-electron chi connectivity index (χ1n) is 10.5. The topological polar surface area (TPSA) is 64.2 Å². The second-order valence-corrected chi connectivity index (χ2v) is 9.57. The number of thioether (sulfide) groups is 1. The molecule has 1 saturated carbocycles. The van der Waals surface area contributed by atoms with Gasteiger partial charge in [0.05, 0.1) is 31.2 Å². The highest BCUT2D eigenvalue weighted by atomic mass is 32.2. The van der Waals surface area contributed by atoms with Crippen LogP contribution < -0.4 is 10.2 Å². The Morgan fingerprint density at radius 2 is 2.11 bits per heavy atom. The van der Waals surface area contributed by atoms with Gasteiger partial charge in [-0.15, -0.1) is 16.9 Å². The number of rotatable bonds is 7. The molecular formula is C21H28N5OS+. The molecule has 1 unspecified atom stereocenters. The number of quaternary nitrogens is 1. The number of hydrogen-bond donors (Lipinski definition) is 2. The number of carbonyl (C=O) groups is 1. The van der Waals surface area contributed by atoms with E-state index in [1.807, 2.05) is 10.7 Å². The first-order valence-corrected chi connectivity index (χ1v) is 11.4. The van der Waals surface area contributed by atoms with Gasteiger partial charge in [-0.1, -0.05) is 23.4 Å². The maximum Gasteiger partial charge on any atom is 0.229 e. The third-order valence-electron chi connectivity index (χ3n) is 6.44. The first-order chi connectivity index (χ1) is 13.7. The predicted molar refractivity (Wildman–Crippen MR) is 108 cm³/mol. The molecule has 7 heteroatoms. The van der Waals surface area contributed by atoms with E-state index in [1.165, 1.54) is 30.7 Å². The van der Waals surface area contributed by atoms with Gasteiger partial charge in [-0.05, 0) is 30.9 Å². The molecular weight excluding hydrogens is 370 g/mol. The fraction of sp³-hybridized carbons (Fsp3) is 0.571.